The molecule has 0 aliphatic carbocycles. The van der Waals surface area contributed by atoms with E-state index < -0.39 is 10.0 Å². The molecule has 0 atom stereocenters. The summed E-state index contributed by atoms with van der Waals surface area (Å²) in [7, 11) is 0.403. The summed E-state index contributed by atoms with van der Waals surface area (Å²) in [6.07, 6.45) is 1.79. The Hall–Kier alpha value is -1.92. The van der Waals surface area contributed by atoms with Crippen LogP contribution in [0.4, 0.5) is 5.82 Å². The van der Waals surface area contributed by atoms with Crippen molar-refractivity contribution in [1.29, 1.82) is 0 Å². The van der Waals surface area contributed by atoms with Crippen LogP contribution in [0.1, 0.15) is 22.3 Å². The van der Waals surface area contributed by atoms with Crippen LogP contribution in [-0.2, 0) is 23.1 Å². The van der Waals surface area contributed by atoms with Gasteiger partial charge in [-0.25, -0.2) is 13.4 Å². The zero-order valence-electron chi connectivity index (χ0n) is 13.9. The third-order valence-electron chi connectivity index (χ3n) is 4.28. The van der Waals surface area contributed by atoms with Crippen molar-refractivity contribution >= 4 is 15.8 Å². The summed E-state index contributed by atoms with van der Waals surface area (Å²) >= 11 is 0. The average molecular weight is 331 g/mol. The molecule has 23 heavy (non-hydrogen) atoms. The van der Waals surface area contributed by atoms with Gasteiger partial charge in [-0.05, 0) is 42.7 Å². The second-order valence-corrected chi connectivity index (χ2v) is 8.13. The van der Waals surface area contributed by atoms with Gasteiger partial charge in [0.25, 0.3) is 0 Å². The molecule has 0 bridgehead atoms. The fourth-order valence-corrected chi connectivity index (χ4v) is 4.33. The number of nitrogens with zero attached hydrogens (tertiary/aromatic N) is 3. The summed E-state index contributed by atoms with van der Waals surface area (Å²) in [4.78, 5) is 6.75. The number of hydrogen-bond acceptors (Lipinski definition) is 4. The number of hydrogen-bond donors (Lipinski definition) is 0. The van der Waals surface area contributed by atoms with Crippen LogP contribution in [0.25, 0.3) is 0 Å². The molecule has 1 aromatic heterocycles. The highest BCUT2D eigenvalue weighted by molar-refractivity contribution is 7.89. The molecule has 0 saturated heterocycles. The minimum Gasteiger partial charge on any atom is -0.363 e. The first kappa shape index (κ1) is 16.0. The van der Waals surface area contributed by atoms with Crippen LogP contribution >= 0.6 is 0 Å². The summed E-state index contributed by atoms with van der Waals surface area (Å²) < 4.78 is 27.2. The number of fused-ring (bicyclic) bond motifs is 1. The first-order chi connectivity index (χ1) is 10.8. The van der Waals surface area contributed by atoms with Crippen LogP contribution in [0.5, 0.6) is 0 Å². The van der Waals surface area contributed by atoms with Crippen LogP contribution in [0.2, 0.25) is 0 Å². The summed E-state index contributed by atoms with van der Waals surface area (Å²) in [5.74, 6) is 0.887. The van der Waals surface area contributed by atoms with Crippen molar-refractivity contribution in [1.82, 2.24) is 9.29 Å². The molecular weight excluding hydrogens is 310 g/mol. The molecule has 0 amide bonds. The normalized spacial score (nSPS) is 14.8. The molecule has 1 aliphatic heterocycles. The van der Waals surface area contributed by atoms with Gasteiger partial charge in [0.05, 0.1) is 4.90 Å². The Labute approximate surface area is 137 Å². The summed E-state index contributed by atoms with van der Waals surface area (Å²) in [5.41, 5.74) is 4.15. The van der Waals surface area contributed by atoms with Gasteiger partial charge in [0, 0.05) is 33.4 Å². The molecule has 1 aromatic carbocycles. The van der Waals surface area contributed by atoms with Gasteiger partial charge in [0.15, 0.2) is 0 Å². The summed E-state index contributed by atoms with van der Waals surface area (Å²) in [6, 6.07) is 6.99. The Kier molecular flexibility index (Phi) is 3.90. The third-order valence-corrected chi connectivity index (χ3v) is 6.09. The van der Waals surface area contributed by atoms with Gasteiger partial charge in [-0.2, -0.15) is 4.31 Å². The molecular formula is C17H21N3O2S. The molecule has 122 valence electrons. The highest BCUT2D eigenvalue weighted by Gasteiger charge is 2.32. The van der Waals surface area contributed by atoms with E-state index in [1.807, 2.05) is 45.0 Å². The number of rotatable bonds is 3. The van der Waals surface area contributed by atoms with Gasteiger partial charge in [0.1, 0.15) is 5.82 Å². The van der Waals surface area contributed by atoms with E-state index in [2.05, 4.69) is 4.98 Å². The number of benzene rings is 1. The lowest BCUT2D eigenvalue weighted by atomic mass is 10.1. The van der Waals surface area contributed by atoms with Crippen molar-refractivity contribution in [2.45, 2.75) is 31.8 Å². The predicted molar refractivity (Wildman–Crippen MR) is 90.9 cm³/mol. The fourth-order valence-electron chi connectivity index (χ4n) is 2.95. The van der Waals surface area contributed by atoms with Gasteiger partial charge >= 0.3 is 0 Å². The maximum absolute atomic E-state index is 12.8. The lowest BCUT2D eigenvalue weighted by molar-refractivity contribution is 0.431. The first-order valence-corrected chi connectivity index (χ1v) is 8.96. The second kappa shape index (κ2) is 5.62. The van der Waals surface area contributed by atoms with E-state index in [9.17, 15) is 8.42 Å². The topological polar surface area (TPSA) is 53.5 Å². The predicted octanol–water partition coefficient (Wildman–Crippen LogP) is 2.47. The van der Waals surface area contributed by atoms with Gasteiger partial charge in [0.2, 0.25) is 10.0 Å². The molecule has 6 heteroatoms. The van der Waals surface area contributed by atoms with E-state index in [4.69, 9.17) is 0 Å². The van der Waals surface area contributed by atoms with E-state index in [-0.39, 0.29) is 0 Å². The van der Waals surface area contributed by atoms with Gasteiger partial charge < -0.3 is 4.90 Å². The Morgan fingerprint density at radius 1 is 1.09 bits per heavy atom. The van der Waals surface area contributed by atoms with Gasteiger partial charge in [-0.3, -0.25) is 0 Å². The SMILES string of the molecule is Cc1ccc(S(=O)(=O)N2Cc3cnc(N(C)C)c(C)c3C2)cc1. The van der Waals surface area contributed by atoms with Crippen molar-refractivity contribution in [2.24, 2.45) is 0 Å². The number of pyridine rings is 1. The molecule has 0 saturated carbocycles. The Bertz CT molecular complexity index is 843. The maximum Gasteiger partial charge on any atom is 0.243 e. The van der Waals surface area contributed by atoms with Crippen molar-refractivity contribution in [3.63, 3.8) is 0 Å². The second-order valence-electron chi connectivity index (χ2n) is 6.19. The molecule has 1 aliphatic rings. The van der Waals surface area contributed by atoms with Crippen molar-refractivity contribution in [3.8, 4) is 0 Å². The molecule has 0 radical (unpaired) electrons. The first-order valence-electron chi connectivity index (χ1n) is 7.52. The van der Waals surface area contributed by atoms with Crippen LogP contribution in [0.15, 0.2) is 35.4 Å². The van der Waals surface area contributed by atoms with Crippen molar-refractivity contribution in [2.75, 3.05) is 19.0 Å². The largest absolute Gasteiger partial charge is 0.363 e. The molecule has 0 N–H and O–H groups in total. The molecule has 2 aromatic rings. The van der Waals surface area contributed by atoms with E-state index >= 15 is 0 Å². The van der Waals surface area contributed by atoms with Gasteiger partial charge in [-0.15, -0.1) is 0 Å². The Balaban J connectivity index is 1.95. The van der Waals surface area contributed by atoms with Crippen molar-refractivity contribution < 1.29 is 8.42 Å². The van der Waals surface area contributed by atoms with Crippen molar-refractivity contribution in [3.05, 3.63) is 52.7 Å². The molecule has 0 spiro atoms. The fraction of sp³-hybridized carbons (Fsp3) is 0.353. The molecule has 3 rings (SSSR count). The van der Waals surface area contributed by atoms with Gasteiger partial charge in [-0.1, -0.05) is 17.7 Å². The Morgan fingerprint density at radius 2 is 1.74 bits per heavy atom. The zero-order chi connectivity index (χ0) is 16.8. The van der Waals surface area contributed by atoms with Crippen LogP contribution in [0.3, 0.4) is 0 Å². The average Bonchev–Trinajstić information content (AvgIpc) is 2.93. The zero-order valence-corrected chi connectivity index (χ0v) is 14.7. The lowest BCUT2D eigenvalue weighted by Gasteiger charge is -2.17. The standard InChI is InChI=1S/C17H21N3O2S/c1-12-5-7-15(8-6-12)23(21,22)20-10-14-9-18-17(19(3)4)13(2)16(14)11-20/h5-9H,10-11H2,1-4H3. The highest BCUT2D eigenvalue weighted by Crippen LogP contribution is 2.33. The maximum atomic E-state index is 12.8. The minimum absolute atomic E-state index is 0.342. The number of aryl methyl sites for hydroxylation is 1. The smallest absolute Gasteiger partial charge is 0.243 e. The number of anilines is 1. The van der Waals surface area contributed by atoms with E-state index in [0.717, 1.165) is 28.1 Å². The van der Waals surface area contributed by atoms with E-state index in [0.29, 0.717) is 18.0 Å². The monoisotopic (exact) mass is 331 g/mol. The molecule has 5 nitrogen and oxygen atoms in total. The number of sulfonamides is 1. The number of aromatic nitrogens is 1. The lowest BCUT2D eigenvalue weighted by Crippen LogP contribution is -2.25. The molecule has 2 heterocycles. The minimum atomic E-state index is -3.48. The van der Waals surface area contributed by atoms with E-state index in [1.54, 1.807) is 18.3 Å². The van der Waals surface area contributed by atoms with Crippen LogP contribution in [-0.4, -0.2) is 31.8 Å². The van der Waals surface area contributed by atoms with Crippen LogP contribution < -0.4 is 4.90 Å². The summed E-state index contributed by atoms with van der Waals surface area (Å²) in [5, 5.41) is 0. The van der Waals surface area contributed by atoms with E-state index in [1.165, 1.54) is 4.31 Å². The summed E-state index contributed by atoms with van der Waals surface area (Å²) in [6.45, 7) is 4.73. The van der Waals surface area contributed by atoms with Crippen LogP contribution in [0, 0.1) is 13.8 Å². The quantitative estimate of drug-likeness (QED) is 0.867. The molecule has 0 fully saturated rings. The Morgan fingerprint density at radius 3 is 2.35 bits per heavy atom. The third kappa shape index (κ3) is 2.72. The highest BCUT2D eigenvalue weighted by atomic mass is 32.2. The molecule has 0 unspecified atom stereocenters.